The molecule has 124 valence electrons. The Balaban J connectivity index is 1.20. The molecule has 6 heteroatoms. The minimum absolute atomic E-state index is 0.182. The Labute approximate surface area is 135 Å². The number of carbonyl (C=O) groups is 1. The summed E-state index contributed by atoms with van der Waals surface area (Å²) in [6.45, 7) is 3.31. The van der Waals surface area contributed by atoms with Gasteiger partial charge in [0.15, 0.2) is 11.5 Å². The van der Waals surface area contributed by atoms with Crippen LogP contribution in [0.4, 0.5) is 0 Å². The molecule has 23 heavy (non-hydrogen) atoms. The van der Waals surface area contributed by atoms with Gasteiger partial charge in [0, 0.05) is 12.0 Å². The molecule has 1 aromatic carbocycles. The number of benzene rings is 1. The zero-order chi connectivity index (χ0) is 15.7. The lowest BCUT2D eigenvalue weighted by molar-refractivity contribution is -0.123. The molecule has 1 amide bonds. The number of fused-ring (bicyclic) bond motifs is 1. The zero-order valence-electron chi connectivity index (χ0n) is 13.1. The number of carbonyl (C=O) groups excluding carboxylic acids is 1. The molecule has 0 aromatic heterocycles. The summed E-state index contributed by atoms with van der Waals surface area (Å²) in [7, 11) is 0. The van der Waals surface area contributed by atoms with Crippen LogP contribution < -0.4 is 24.8 Å². The van der Waals surface area contributed by atoms with Gasteiger partial charge >= 0.3 is 0 Å². The van der Waals surface area contributed by atoms with Gasteiger partial charge in [0.05, 0.1) is 6.54 Å². The fourth-order valence-electron chi connectivity index (χ4n) is 3.63. The van der Waals surface area contributed by atoms with Crippen molar-refractivity contribution in [2.24, 2.45) is 11.3 Å². The van der Waals surface area contributed by atoms with Gasteiger partial charge in [-0.05, 0) is 49.9 Å². The standard InChI is InChI=1S/C17H22N2O4/c20-16(13-10-17(13)3-5-18-6-4-17)19-7-8-21-12-1-2-14-15(9-12)23-11-22-14/h1-2,9,13,18H,3-8,10-11H2,(H,19,20). The van der Waals surface area contributed by atoms with Gasteiger partial charge in [-0.3, -0.25) is 4.79 Å². The summed E-state index contributed by atoms with van der Waals surface area (Å²) >= 11 is 0. The highest BCUT2D eigenvalue weighted by atomic mass is 16.7. The van der Waals surface area contributed by atoms with Gasteiger partial charge in [0.1, 0.15) is 12.4 Å². The molecule has 1 saturated heterocycles. The molecule has 2 aliphatic heterocycles. The van der Waals surface area contributed by atoms with Gasteiger partial charge in [0.25, 0.3) is 0 Å². The molecule has 1 saturated carbocycles. The average molecular weight is 318 g/mol. The Morgan fingerprint density at radius 1 is 1.30 bits per heavy atom. The number of ether oxygens (including phenoxy) is 3. The van der Waals surface area contributed by atoms with Crippen molar-refractivity contribution in [2.75, 3.05) is 33.0 Å². The molecule has 1 aliphatic carbocycles. The van der Waals surface area contributed by atoms with Crippen molar-refractivity contribution in [3.63, 3.8) is 0 Å². The Morgan fingerprint density at radius 2 is 2.13 bits per heavy atom. The average Bonchev–Trinajstić information content (AvgIpc) is 3.06. The first-order valence-corrected chi connectivity index (χ1v) is 8.28. The highest BCUT2D eigenvalue weighted by Gasteiger charge is 2.57. The minimum atomic E-state index is 0.182. The van der Waals surface area contributed by atoms with Crippen molar-refractivity contribution in [3.05, 3.63) is 18.2 Å². The van der Waals surface area contributed by atoms with Crippen LogP contribution in [0.1, 0.15) is 19.3 Å². The lowest BCUT2D eigenvalue weighted by atomic mass is 9.92. The van der Waals surface area contributed by atoms with E-state index in [1.807, 2.05) is 18.2 Å². The van der Waals surface area contributed by atoms with Crippen molar-refractivity contribution in [1.82, 2.24) is 10.6 Å². The second kappa shape index (κ2) is 5.92. The normalized spacial score (nSPS) is 23.6. The van der Waals surface area contributed by atoms with E-state index in [4.69, 9.17) is 14.2 Å². The van der Waals surface area contributed by atoms with Crippen LogP contribution >= 0.6 is 0 Å². The maximum atomic E-state index is 12.2. The summed E-state index contributed by atoms with van der Waals surface area (Å²) < 4.78 is 16.2. The van der Waals surface area contributed by atoms with E-state index < -0.39 is 0 Å². The highest BCUT2D eigenvalue weighted by molar-refractivity contribution is 5.82. The van der Waals surface area contributed by atoms with E-state index in [-0.39, 0.29) is 24.0 Å². The van der Waals surface area contributed by atoms with Crippen LogP contribution in [0.3, 0.4) is 0 Å². The third kappa shape index (κ3) is 2.95. The smallest absolute Gasteiger partial charge is 0.231 e. The van der Waals surface area contributed by atoms with E-state index in [9.17, 15) is 4.79 Å². The number of rotatable bonds is 5. The van der Waals surface area contributed by atoms with Gasteiger partial charge in [-0.1, -0.05) is 0 Å². The topological polar surface area (TPSA) is 68.8 Å². The van der Waals surface area contributed by atoms with Crippen molar-refractivity contribution in [1.29, 1.82) is 0 Å². The monoisotopic (exact) mass is 318 g/mol. The van der Waals surface area contributed by atoms with Crippen molar-refractivity contribution in [3.8, 4) is 17.2 Å². The van der Waals surface area contributed by atoms with Crippen LogP contribution in [0.15, 0.2) is 18.2 Å². The third-order valence-electron chi connectivity index (χ3n) is 5.12. The molecular weight excluding hydrogens is 296 g/mol. The van der Waals surface area contributed by atoms with Crippen molar-refractivity contribution in [2.45, 2.75) is 19.3 Å². The molecule has 1 aromatic rings. The highest BCUT2D eigenvalue weighted by Crippen LogP contribution is 2.58. The number of nitrogens with one attached hydrogen (secondary N) is 2. The van der Waals surface area contributed by atoms with E-state index in [1.54, 1.807) is 0 Å². The van der Waals surface area contributed by atoms with Crippen molar-refractivity contribution < 1.29 is 19.0 Å². The molecule has 6 nitrogen and oxygen atoms in total. The molecule has 0 radical (unpaired) electrons. The summed E-state index contributed by atoms with van der Waals surface area (Å²) in [5.41, 5.74) is 0.285. The minimum Gasteiger partial charge on any atom is -0.492 e. The first kappa shape index (κ1) is 14.6. The largest absolute Gasteiger partial charge is 0.492 e. The molecule has 1 spiro atoms. The molecule has 2 N–H and O–H groups in total. The van der Waals surface area contributed by atoms with Crippen molar-refractivity contribution >= 4 is 5.91 Å². The van der Waals surface area contributed by atoms with E-state index in [0.29, 0.717) is 18.9 Å². The molecule has 1 unspecified atom stereocenters. The molecule has 2 heterocycles. The van der Waals surface area contributed by atoms with Gasteiger partial charge in [-0.15, -0.1) is 0 Å². The Bertz CT molecular complexity index is 598. The van der Waals surface area contributed by atoms with Crippen LogP contribution in [0.5, 0.6) is 17.2 Å². The summed E-state index contributed by atoms with van der Waals surface area (Å²) in [5, 5.41) is 6.36. The Kier molecular flexibility index (Phi) is 3.77. The van der Waals surface area contributed by atoms with Gasteiger partial charge in [0.2, 0.25) is 12.7 Å². The van der Waals surface area contributed by atoms with Crippen LogP contribution in [-0.4, -0.2) is 38.9 Å². The van der Waals surface area contributed by atoms with Crippen LogP contribution in [-0.2, 0) is 4.79 Å². The predicted octanol–water partition coefficient (Wildman–Crippen LogP) is 1.30. The summed E-state index contributed by atoms with van der Waals surface area (Å²) in [6, 6.07) is 5.50. The molecule has 3 aliphatic rings. The van der Waals surface area contributed by atoms with Gasteiger partial charge < -0.3 is 24.8 Å². The first-order valence-electron chi connectivity index (χ1n) is 8.28. The molecule has 1 atom stereocenters. The van der Waals surface area contributed by atoms with Crippen LogP contribution in [0, 0.1) is 11.3 Å². The summed E-state index contributed by atoms with van der Waals surface area (Å²) in [5.74, 6) is 2.56. The molecule has 4 rings (SSSR count). The molecule has 0 bridgehead atoms. The zero-order valence-corrected chi connectivity index (χ0v) is 13.1. The van der Waals surface area contributed by atoms with E-state index in [0.717, 1.165) is 43.9 Å². The SMILES string of the molecule is O=C(NCCOc1ccc2c(c1)OCO2)C1CC12CCNCC2. The second-order valence-corrected chi connectivity index (χ2v) is 6.52. The van der Waals surface area contributed by atoms with Crippen LogP contribution in [0.2, 0.25) is 0 Å². The summed E-state index contributed by atoms with van der Waals surface area (Å²) in [6.07, 6.45) is 3.29. The fourth-order valence-corrected chi connectivity index (χ4v) is 3.63. The Morgan fingerprint density at radius 3 is 3.00 bits per heavy atom. The number of hydrogen-bond donors (Lipinski definition) is 2. The fraction of sp³-hybridized carbons (Fsp3) is 0.588. The molecule has 2 fully saturated rings. The van der Waals surface area contributed by atoms with E-state index in [2.05, 4.69) is 10.6 Å². The maximum absolute atomic E-state index is 12.2. The molecular formula is C17H22N2O4. The van der Waals surface area contributed by atoms with E-state index in [1.165, 1.54) is 0 Å². The second-order valence-electron chi connectivity index (χ2n) is 6.52. The predicted molar refractivity (Wildman–Crippen MR) is 83.7 cm³/mol. The van der Waals surface area contributed by atoms with E-state index >= 15 is 0 Å². The lowest BCUT2D eigenvalue weighted by Crippen LogP contribution is -2.35. The first-order chi connectivity index (χ1) is 11.3. The maximum Gasteiger partial charge on any atom is 0.231 e. The van der Waals surface area contributed by atoms with Gasteiger partial charge in [-0.2, -0.15) is 0 Å². The quantitative estimate of drug-likeness (QED) is 0.801. The Hall–Kier alpha value is -1.95. The number of hydrogen-bond acceptors (Lipinski definition) is 5. The lowest BCUT2D eigenvalue weighted by Gasteiger charge is -2.23. The van der Waals surface area contributed by atoms with Gasteiger partial charge in [-0.25, -0.2) is 0 Å². The number of piperidine rings is 1. The number of amides is 1. The third-order valence-corrected chi connectivity index (χ3v) is 5.12. The summed E-state index contributed by atoms with van der Waals surface area (Å²) in [4.78, 5) is 12.2. The van der Waals surface area contributed by atoms with Crippen LogP contribution in [0.25, 0.3) is 0 Å².